The molecule has 0 N–H and O–H groups in total. The molecule has 4 heteroatoms. The Kier molecular flexibility index (Phi) is 3.47. The number of carbonyl (C=O) groups excluding carboxylic acids is 2. The fourth-order valence-corrected chi connectivity index (χ4v) is 3.62. The Morgan fingerprint density at radius 3 is 2.86 bits per heavy atom. The van der Waals surface area contributed by atoms with Crippen LogP contribution in [0.3, 0.4) is 0 Å². The van der Waals surface area contributed by atoms with Crippen LogP contribution in [0.4, 0.5) is 5.69 Å². The minimum Gasteiger partial charge on any atom is -0.341 e. The number of unbranched alkanes of at least 4 members (excludes halogenated alkanes) is 1. The van der Waals surface area contributed by atoms with E-state index in [2.05, 4.69) is 6.92 Å². The zero-order valence-corrected chi connectivity index (χ0v) is 12.8. The molecule has 2 heterocycles. The lowest BCUT2D eigenvalue weighted by atomic mass is 9.81. The molecular weight excluding hydrogens is 264 g/mol. The van der Waals surface area contributed by atoms with Crippen LogP contribution in [-0.2, 0) is 15.0 Å². The van der Waals surface area contributed by atoms with Crippen molar-refractivity contribution in [2.75, 3.05) is 25.0 Å². The van der Waals surface area contributed by atoms with E-state index in [4.69, 9.17) is 0 Å². The number of rotatable bonds is 3. The van der Waals surface area contributed by atoms with E-state index in [1.54, 1.807) is 4.90 Å². The maximum absolute atomic E-state index is 12.8. The Hall–Kier alpha value is -1.84. The first kappa shape index (κ1) is 14.1. The van der Waals surface area contributed by atoms with Gasteiger partial charge < -0.3 is 9.80 Å². The number of benzene rings is 1. The number of hydrogen-bond donors (Lipinski definition) is 0. The van der Waals surface area contributed by atoms with Crippen molar-refractivity contribution in [3.05, 3.63) is 29.8 Å². The lowest BCUT2D eigenvalue weighted by Gasteiger charge is -2.23. The van der Waals surface area contributed by atoms with Crippen molar-refractivity contribution in [3.8, 4) is 0 Å². The summed E-state index contributed by atoms with van der Waals surface area (Å²) in [5.41, 5.74) is 1.57. The van der Waals surface area contributed by atoms with Gasteiger partial charge in [-0.1, -0.05) is 31.5 Å². The normalized spacial score (nSPS) is 24.0. The maximum atomic E-state index is 12.8. The van der Waals surface area contributed by atoms with E-state index in [9.17, 15) is 9.59 Å². The van der Waals surface area contributed by atoms with Crippen molar-refractivity contribution < 1.29 is 9.59 Å². The van der Waals surface area contributed by atoms with Crippen molar-refractivity contribution in [2.24, 2.45) is 0 Å². The number of hydrogen-bond acceptors (Lipinski definition) is 2. The number of carbonyl (C=O) groups is 2. The Labute approximate surface area is 125 Å². The molecule has 1 atom stereocenters. The molecule has 1 spiro atoms. The van der Waals surface area contributed by atoms with Crippen LogP contribution in [0.1, 0.15) is 38.2 Å². The molecule has 2 aliphatic heterocycles. The van der Waals surface area contributed by atoms with Crippen LogP contribution < -0.4 is 4.90 Å². The Morgan fingerprint density at radius 2 is 2.10 bits per heavy atom. The molecule has 4 nitrogen and oxygen atoms in total. The maximum Gasteiger partial charge on any atom is 0.239 e. The summed E-state index contributed by atoms with van der Waals surface area (Å²) >= 11 is 0. The van der Waals surface area contributed by atoms with Gasteiger partial charge in [-0.2, -0.15) is 0 Å². The molecule has 1 saturated heterocycles. The van der Waals surface area contributed by atoms with Crippen LogP contribution >= 0.6 is 0 Å². The Morgan fingerprint density at radius 1 is 1.33 bits per heavy atom. The van der Waals surface area contributed by atoms with Crippen molar-refractivity contribution in [3.63, 3.8) is 0 Å². The van der Waals surface area contributed by atoms with Gasteiger partial charge in [-0.3, -0.25) is 9.59 Å². The Balaban J connectivity index is 1.87. The highest BCUT2D eigenvalue weighted by Crippen LogP contribution is 2.46. The van der Waals surface area contributed by atoms with Gasteiger partial charge in [-0.15, -0.1) is 0 Å². The number of para-hydroxylation sites is 1. The van der Waals surface area contributed by atoms with Gasteiger partial charge in [0.05, 0.1) is 5.41 Å². The van der Waals surface area contributed by atoms with Gasteiger partial charge in [0, 0.05) is 32.2 Å². The van der Waals surface area contributed by atoms with Crippen LogP contribution in [0, 0.1) is 0 Å². The summed E-state index contributed by atoms with van der Waals surface area (Å²) < 4.78 is 0. The molecule has 2 aliphatic rings. The summed E-state index contributed by atoms with van der Waals surface area (Å²) in [5.74, 6) is 0.322. The molecular formula is C17H22N2O2. The van der Waals surface area contributed by atoms with Crippen molar-refractivity contribution >= 4 is 17.5 Å². The molecule has 112 valence electrons. The van der Waals surface area contributed by atoms with E-state index >= 15 is 0 Å². The average Bonchev–Trinajstić information content (AvgIpc) is 3.04. The van der Waals surface area contributed by atoms with Gasteiger partial charge in [0.25, 0.3) is 0 Å². The van der Waals surface area contributed by atoms with Gasteiger partial charge >= 0.3 is 0 Å². The fraction of sp³-hybridized carbons (Fsp3) is 0.529. The molecule has 1 fully saturated rings. The second kappa shape index (κ2) is 5.17. The summed E-state index contributed by atoms with van der Waals surface area (Å²) in [7, 11) is 1.83. The van der Waals surface area contributed by atoms with Crippen LogP contribution in [0.25, 0.3) is 0 Å². The molecule has 0 bridgehead atoms. The smallest absolute Gasteiger partial charge is 0.239 e. The standard InChI is InChI=1S/C17H22N2O2/c1-3-4-9-15(20)19-11-10-17(12-19)13-7-5-6-8-14(13)18(2)16(17)21/h5-8H,3-4,9-12H2,1-2H3/t17-/m0/s1. The minimum atomic E-state index is -0.507. The SMILES string of the molecule is CCCCC(=O)N1CC[C@@]2(C1)C(=O)N(C)c1ccccc12. The van der Waals surface area contributed by atoms with E-state index in [1.807, 2.05) is 36.2 Å². The summed E-state index contributed by atoms with van der Waals surface area (Å²) in [4.78, 5) is 28.6. The number of likely N-dealkylation sites (tertiary alicyclic amines) is 1. The quantitative estimate of drug-likeness (QED) is 0.855. The van der Waals surface area contributed by atoms with Crippen LogP contribution in [0.15, 0.2) is 24.3 Å². The number of fused-ring (bicyclic) bond motifs is 2. The number of likely N-dealkylation sites (N-methyl/N-ethyl adjacent to an activating group) is 1. The average molecular weight is 286 g/mol. The third-order valence-electron chi connectivity index (χ3n) is 4.86. The topological polar surface area (TPSA) is 40.6 Å². The largest absolute Gasteiger partial charge is 0.341 e. The van der Waals surface area contributed by atoms with Gasteiger partial charge in [0.1, 0.15) is 0 Å². The molecule has 2 amide bonds. The molecule has 21 heavy (non-hydrogen) atoms. The van der Waals surface area contributed by atoms with Crippen molar-refractivity contribution in [1.82, 2.24) is 4.90 Å². The predicted octanol–water partition coefficient (Wildman–Crippen LogP) is 2.32. The lowest BCUT2D eigenvalue weighted by Crippen LogP contribution is -2.42. The van der Waals surface area contributed by atoms with Crippen LogP contribution in [-0.4, -0.2) is 36.9 Å². The highest BCUT2D eigenvalue weighted by molar-refractivity contribution is 6.08. The van der Waals surface area contributed by atoms with E-state index in [-0.39, 0.29) is 11.8 Å². The molecule has 0 radical (unpaired) electrons. The second-order valence-electron chi connectivity index (χ2n) is 6.13. The first-order valence-corrected chi connectivity index (χ1v) is 7.75. The molecule has 0 aromatic heterocycles. The zero-order valence-electron chi connectivity index (χ0n) is 12.8. The summed E-state index contributed by atoms with van der Waals surface area (Å²) in [6.45, 7) is 3.32. The molecule has 1 aromatic carbocycles. The van der Waals surface area contributed by atoms with Crippen LogP contribution in [0.5, 0.6) is 0 Å². The lowest BCUT2D eigenvalue weighted by molar-refractivity contribution is -0.130. The zero-order chi connectivity index (χ0) is 15.0. The summed E-state index contributed by atoms with van der Waals surface area (Å²) in [5, 5.41) is 0. The molecule has 0 aliphatic carbocycles. The second-order valence-corrected chi connectivity index (χ2v) is 6.13. The first-order valence-electron chi connectivity index (χ1n) is 7.75. The minimum absolute atomic E-state index is 0.134. The molecule has 3 rings (SSSR count). The predicted molar refractivity (Wildman–Crippen MR) is 82.3 cm³/mol. The molecule has 1 aromatic rings. The van der Waals surface area contributed by atoms with E-state index in [0.717, 1.165) is 30.5 Å². The van der Waals surface area contributed by atoms with Gasteiger partial charge in [-0.25, -0.2) is 0 Å². The van der Waals surface area contributed by atoms with Gasteiger partial charge in [0.2, 0.25) is 11.8 Å². The summed E-state index contributed by atoms with van der Waals surface area (Å²) in [6, 6.07) is 7.97. The molecule has 0 saturated carbocycles. The van der Waals surface area contributed by atoms with E-state index < -0.39 is 5.41 Å². The highest BCUT2D eigenvalue weighted by atomic mass is 16.2. The number of nitrogens with zero attached hydrogens (tertiary/aromatic N) is 2. The monoisotopic (exact) mass is 286 g/mol. The van der Waals surface area contributed by atoms with Crippen LogP contribution in [0.2, 0.25) is 0 Å². The molecule has 0 unspecified atom stereocenters. The number of anilines is 1. The van der Waals surface area contributed by atoms with Gasteiger partial charge in [-0.05, 0) is 24.5 Å². The van der Waals surface area contributed by atoms with Gasteiger partial charge in [0.15, 0.2) is 0 Å². The Bertz CT molecular complexity index is 584. The van der Waals surface area contributed by atoms with E-state index in [0.29, 0.717) is 19.5 Å². The fourth-order valence-electron chi connectivity index (χ4n) is 3.62. The number of amides is 2. The summed E-state index contributed by atoms with van der Waals surface area (Å²) in [6.07, 6.45) is 3.28. The first-order chi connectivity index (χ1) is 10.1. The van der Waals surface area contributed by atoms with Crippen molar-refractivity contribution in [1.29, 1.82) is 0 Å². The third kappa shape index (κ3) is 2.04. The third-order valence-corrected chi connectivity index (χ3v) is 4.86. The van der Waals surface area contributed by atoms with Crippen molar-refractivity contribution in [2.45, 2.75) is 38.0 Å². The highest BCUT2D eigenvalue weighted by Gasteiger charge is 2.53. The van der Waals surface area contributed by atoms with E-state index in [1.165, 1.54) is 0 Å².